The maximum absolute atomic E-state index is 11.6. The summed E-state index contributed by atoms with van der Waals surface area (Å²) in [4.78, 5) is 25.0. The minimum Gasteiger partial charge on any atom is -0.353 e. The summed E-state index contributed by atoms with van der Waals surface area (Å²) in [5.41, 5.74) is 1.97. The number of hydrogen-bond donors (Lipinski definition) is 2. The lowest BCUT2D eigenvalue weighted by molar-refractivity contribution is -0.130. The Morgan fingerprint density at radius 1 is 1.24 bits per heavy atom. The van der Waals surface area contributed by atoms with Gasteiger partial charge in [0.05, 0.1) is 13.1 Å². The van der Waals surface area contributed by atoms with Crippen LogP contribution in [-0.4, -0.2) is 30.4 Å². The van der Waals surface area contributed by atoms with Crippen molar-refractivity contribution < 1.29 is 9.59 Å². The van der Waals surface area contributed by atoms with E-state index in [1.807, 2.05) is 23.1 Å². The molecule has 1 aromatic rings. The van der Waals surface area contributed by atoms with Crippen LogP contribution >= 0.6 is 15.9 Å². The summed E-state index contributed by atoms with van der Waals surface area (Å²) in [6.07, 6.45) is 0. The molecule has 1 aliphatic rings. The Morgan fingerprint density at radius 2 is 1.86 bits per heavy atom. The van der Waals surface area contributed by atoms with Gasteiger partial charge in [-0.15, -0.1) is 0 Å². The van der Waals surface area contributed by atoms with E-state index in [9.17, 15) is 9.59 Å². The molecule has 2 amide bonds. The second-order valence-electron chi connectivity index (χ2n) is 6.20. The molecular formula is C15H20BrN3O2. The van der Waals surface area contributed by atoms with Crippen LogP contribution in [0.3, 0.4) is 0 Å². The van der Waals surface area contributed by atoms with Crippen molar-refractivity contribution in [3.05, 3.63) is 28.2 Å². The maximum atomic E-state index is 11.6. The number of nitrogens with one attached hydrogen (secondary N) is 2. The average Bonchev–Trinajstić information content (AvgIpc) is 2.35. The van der Waals surface area contributed by atoms with Crippen LogP contribution in [0.5, 0.6) is 0 Å². The SMILES string of the molecule is CC(C)(C)NCc1ccc(Br)cc1N1CC(=O)NC(=O)C1. The molecule has 0 bridgehead atoms. The first-order valence-corrected chi connectivity index (χ1v) is 7.65. The standard InChI is InChI=1S/C15H20BrN3O2/c1-15(2,3)17-7-10-4-5-11(16)6-12(10)19-8-13(20)18-14(21)9-19/h4-6,17H,7-9H2,1-3H3,(H,18,20,21). The molecule has 0 aliphatic carbocycles. The molecule has 1 aromatic carbocycles. The predicted molar refractivity (Wildman–Crippen MR) is 86.1 cm³/mol. The number of imide groups is 1. The third-order valence-electron chi connectivity index (χ3n) is 3.14. The van der Waals surface area contributed by atoms with Gasteiger partial charge in [-0.3, -0.25) is 14.9 Å². The van der Waals surface area contributed by atoms with Gasteiger partial charge in [0, 0.05) is 22.2 Å². The fourth-order valence-corrected chi connectivity index (χ4v) is 2.50. The zero-order chi connectivity index (χ0) is 15.6. The second kappa shape index (κ2) is 6.15. The zero-order valence-electron chi connectivity index (χ0n) is 12.5. The van der Waals surface area contributed by atoms with Gasteiger partial charge < -0.3 is 10.2 Å². The van der Waals surface area contributed by atoms with E-state index in [1.165, 1.54) is 0 Å². The molecule has 0 saturated carbocycles. The monoisotopic (exact) mass is 353 g/mol. The number of amides is 2. The molecule has 5 nitrogen and oxygen atoms in total. The number of benzene rings is 1. The van der Waals surface area contributed by atoms with Crippen LogP contribution in [-0.2, 0) is 16.1 Å². The number of rotatable bonds is 3. The summed E-state index contributed by atoms with van der Waals surface area (Å²) < 4.78 is 0.926. The first kappa shape index (κ1) is 16.0. The van der Waals surface area contributed by atoms with Gasteiger partial charge >= 0.3 is 0 Å². The van der Waals surface area contributed by atoms with Gasteiger partial charge in [0.15, 0.2) is 0 Å². The van der Waals surface area contributed by atoms with Gasteiger partial charge in [0.1, 0.15) is 0 Å². The van der Waals surface area contributed by atoms with Crippen LogP contribution in [0.1, 0.15) is 26.3 Å². The smallest absolute Gasteiger partial charge is 0.246 e. The molecule has 0 atom stereocenters. The number of anilines is 1. The van der Waals surface area contributed by atoms with Crippen molar-refractivity contribution in [2.24, 2.45) is 0 Å². The lowest BCUT2D eigenvalue weighted by Crippen LogP contribution is -2.51. The normalized spacial score (nSPS) is 16.1. The number of carbonyl (C=O) groups excluding carboxylic acids is 2. The highest BCUT2D eigenvalue weighted by atomic mass is 79.9. The Morgan fingerprint density at radius 3 is 2.43 bits per heavy atom. The Balaban J connectivity index is 2.26. The maximum Gasteiger partial charge on any atom is 0.246 e. The highest BCUT2D eigenvalue weighted by Crippen LogP contribution is 2.26. The van der Waals surface area contributed by atoms with Crippen molar-refractivity contribution in [2.45, 2.75) is 32.9 Å². The van der Waals surface area contributed by atoms with E-state index in [-0.39, 0.29) is 30.4 Å². The van der Waals surface area contributed by atoms with Crippen LogP contribution in [0.2, 0.25) is 0 Å². The van der Waals surface area contributed by atoms with Crippen LogP contribution in [0, 0.1) is 0 Å². The first-order valence-electron chi connectivity index (χ1n) is 6.86. The fraction of sp³-hybridized carbons (Fsp3) is 0.467. The van der Waals surface area contributed by atoms with E-state index in [2.05, 4.69) is 47.3 Å². The zero-order valence-corrected chi connectivity index (χ0v) is 14.1. The quantitative estimate of drug-likeness (QED) is 0.813. The van der Waals surface area contributed by atoms with Gasteiger partial charge in [0.25, 0.3) is 0 Å². The van der Waals surface area contributed by atoms with Crippen LogP contribution in [0.15, 0.2) is 22.7 Å². The van der Waals surface area contributed by atoms with Gasteiger partial charge in [-0.2, -0.15) is 0 Å². The number of hydrogen-bond acceptors (Lipinski definition) is 4. The molecule has 1 aliphatic heterocycles. The van der Waals surface area contributed by atoms with E-state index in [4.69, 9.17) is 0 Å². The molecule has 2 rings (SSSR count). The Labute approximate surface area is 133 Å². The molecule has 0 unspecified atom stereocenters. The summed E-state index contributed by atoms with van der Waals surface area (Å²) >= 11 is 3.45. The summed E-state index contributed by atoms with van der Waals surface area (Å²) in [6.45, 7) is 7.38. The van der Waals surface area contributed by atoms with Crippen molar-refractivity contribution in [1.29, 1.82) is 0 Å². The van der Waals surface area contributed by atoms with Crippen LogP contribution in [0.25, 0.3) is 0 Å². The molecule has 1 heterocycles. The Kier molecular flexibility index (Phi) is 4.68. The van der Waals surface area contributed by atoms with Gasteiger partial charge in [-0.05, 0) is 38.5 Å². The number of piperazine rings is 1. The number of carbonyl (C=O) groups is 2. The van der Waals surface area contributed by atoms with E-state index in [1.54, 1.807) is 0 Å². The fourth-order valence-electron chi connectivity index (χ4n) is 2.15. The van der Waals surface area contributed by atoms with E-state index in [0.29, 0.717) is 6.54 Å². The van der Waals surface area contributed by atoms with Gasteiger partial charge in [-0.1, -0.05) is 22.0 Å². The van der Waals surface area contributed by atoms with Crippen molar-refractivity contribution in [3.8, 4) is 0 Å². The van der Waals surface area contributed by atoms with E-state index >= 15 is 0 Å². The Bertz CT molecular complexity index is 551. The topological polar surface area (TPSA) is 61.4 Å². The lowest BCUT2D eigenvalue weighted by Gasteiger charge is -2.30. The van der Waals surface area contributed by atoms with Crippen molar-refractivity contribution in [3.63, 3.8) is 0 Å². The van der Waals surface area contributed by atoms with E-state index in [0.717, 1.165) is 15.7 Å². The molecule has 1 saturated heterocycles. The third-order valence-corrected chi connectivity index (χ3v) is 3.64. The van der Waals surface area contributed by atoms with Crippen molar-refractivity contribution >= 4 is 33.4 Å². The minimum absolute atomic E-state index is 0.000559. The molecule has 1 fully saturated rings. The summed E-state index contributed by atoms with van der Waals surface area (Å²) in [5, 5.41) is 5.75. The highest BCUT2D eigenvalue weighted by molar-refractivity contribution is 9.10. The first-order chi connectivity index (χ1) is 9.74. The summed E-state index contributed by atoms with van der Waals surface area (Å²) in [7, 11) is 0. The summed E-state index contributed by atoms with van der Waals surface area (Å²) in [6, 6.07) is 5.93. The lowest BCUT2D eigenvalue weighted by atomic mass is 10.1. The molecule has 6 heteroatoms. The van der Waals surface area contributed by atoms with Crippen molar-refractivity contribution in [2.75, 3.05) is 18.0 Å². The predicted octanol–water partition coefficient (Wildman–Crippen LogP) is 1.80. The van der Waals surface area contributed by atoms with Gasteiger partial charge in [0.2, 0.25) is 11.8 Å². The molecule has 2 N–H and O–H groups in total. The van der Waals surface area contributed by atoms with E-state index < -0.39 is 0 Å². The largest absolute Gasteiger partial charge is 0.353 e. The number of nitrogens with zero attached hydrogens (tertiary/aromatic N) is 1. The molecule has 0 aromatic heterocycles. The molecular weight excluding hydrogens is 334 g/mol. The molecule has 21 heavy (non-hydrogen) atoms. The van der Waals surface area contributed by atoms with Gasteiger partial charge in [-0.25, -0.2) is 0 Å². The highest BCUT2D eigenvalue weighted by Gasteiger charge is 2.24. The average molecular weight is 354 g/mol. The number of halogens is 1. The minimum atomic E-state index is -0.263. The van der Waals surface area contributed by atoms with Crippen LogP contribution < -0.4 is 15.5 Å². The second-order valence-corrected chi connectivity index (χ2v) is 7.12. The molecule has 0 spiro atoms. The molecule has 0 radical (unpaired) electrons. The summed E-state index contributed by atoms with van der Waals surface area (Å²) in [5.74, 6) is -0.526. The molecule has 114 valence electrons. The van der Waals surface area contributed by atoms with Crippen molar-refractivity contribution in [1.82, 2.24) is 10.6 Å². The Hall–Kier alpha value is -1.40. The van der Waals surface area contributed by atoms with Crippen LogP contribution in [0.4, 0.5) is 5.69 Å². The third kappa shape index (κ3) is 4.54.